The largest absolute Gasteiger partial charge is 0.496 e. The van der Waals surface area contributed by atoms with Gasteiger partial charge in [0.1, 0.15) is 11.5 Å². The maximum Gasteiger partial charge on any atom is 0.133 e. The number of methoxy groups -OCH3 is 3. The maximum absolute atomic E-state index is 5.65. The Bertz CT molecular complexity index is 439. The molecule has 0 aromatic heterocycles. The van der Waals surface area contributed by atoms with Crippen LogP contribution in [-0.4, -0.2) is 27.9 Å². The second-order valence-corrected chi connectivity index (χ2v) is 5.12. The topological polar surface area (TPSA) is 39.7 Å². The monoisotopic (exact) mass is 265 g/mol. The lowest BCUT2D eigenvalue weighted by Crippen LogP contribution is -2.33. The number of ether oxygens (including phenoxy) is 3. The summed E-state index contributed by atoms with van der Waals surface area (Å²) in [5.74, 6) is 1.68. The van der Waals surface area contributed by atoms with Gasteiger partial charge in [-0.2, -0.15) is 0 Å². The number of hydrogen-bond donors (Lipinski definition) is 1. The van der Waals surface area contributed by atoms with Gasteiger partial charge in [0, 0.05) is 18.2 Å². The lowest BCUT2D eigenvalue weighted by molar-refractivity contribution is 0.177. The van der Waals surface area contributed by atoms with E-state index in [9.17, 15) is 0 Å². The fraction of sp³-hybridized carbons (Fsp3) is 0.600. The second kappa shape index (κ2) is 5.80. The molecular formula is C15H23NO3. The molecule has 0 spiro atoms. The molecule has 106 valence electrons. The first-order chi connectivity index (χ1) is 9.16. The summed E-state index contributed by atoms with van der Waals surface area (Å²) in [5, 5.41) is 3.57. The van der Waals surface area contributed by atoms with Crippen LogP contribution in [0.3, 0.4) is 0 Å². The number of nitrogens with one attached hydrogen (secondary N) is 1. The van der Waals surface area contributed by atoms with E-state index in [2.05, 4.69) is 18.3 Å². The molecule has 0 radical (unpaired) electrons. The van der Waals surface area contributed by atoms with E-state index in [1.165, 1.54) is 12.0 Å². The minimum absolute atomic E-state index is 0.0277. The molecule has 19 heavy (non-hydrogen) atoms. The van der Waals surface area contributed by atoms with Gasteiger partial charge in [-0.05, 0) is 38.4 Å². The van der Waals surface area contributed by atoms with E-state index in [0.29, 0.717) is 6.61 Å². The molecule has 0 amide bonds. The number of hydrogen-bond acceptors (Lipinski definition) is 4. The smallest absolute Gasteiger partial charge is 0.133 e. The van der Waals surface area contributed by atoms with Crippen molar-refractivity contribution in [3.8, 4) is 11.5 Å². The summed E-state index contributed by atoms with van der Waals surface area (Å²) in [6, 6.07) is 4.09. The summed E-state index contributed by atoms with van der Waals surface area (Å²) in [5.41, 5.74) is 2.13. The Balaban J connectivity index is 2.52. The van der Waals surface area contributed by atoms with Crippen molar-refractivity contribution in [1.82, 2.24) is 5.32 Å². The molecule has 2 rings (SSSR count). The third kappa shape index (κ3) is 2.55. The zero-order valence-corrected chi connectivity index (χ0v) is 12.2. The van der Waals surface area contributed by atoms with Crippen molar-refractivity contribution in [2.75, 3.05) is 27.9 Å². The Morgan fingerprint density at radius 3 is 2.53 bits per heavy atom. The quantitative estimate of drug-likeness (QED) is 0.887. The summed E-state index contributed by atoms with van der Waals surface area (Å²) in [6.45, 7) is 3.75. The normalized spacial score (nSPS) is 22.5. The Morgan fingerprint density at radius 2 is 2.00 bits per heavy atom. The molecule has 1 atom stereocenters. The predicted octanol–water partition coefficient (Wildman–Crippen LogP) is 2.45. The first-order valence-electron chi connectivity index (χ1n) is 6.64. The Labute approximate surface area is 115 Å². The molecule has 0 aliphatic carbocycles. The van der Waals surface area contributed by atoms with Crippen molar-refractivity contribution in [2.45, 2.75) is 31.9 Å². The van der Waals surface area contributed by atoms with Crippen molar-refractivity contribution in [1.29, 1.82) is 0 Å². The van der Waals surface area contributed by atoms with Crippen LogP contribution in [-0.2, 0) is 16.9 Å². The summed E-state index contributed by atoms with van der Waals surface area (Å²) in [4.78, 5) is 0. The van der Waals surface area contributed by atoms with Gasteiger partial charge in [-0.1, -0.05) is 0 Å². The molecule has 1 heterocycles. The third-order valence-corrected chi connectivity index (χ3v) is 3.89. The van der Waals surface area contributed by atoms with Crippen molar-refractivity contribution >= 4 is 0 Å². The summed E-state index contributed by atoms with van der Waals surface area (Å²) in [6.07, 6.45) is 2.30. The van der Waals surface area contributed by atoms with Gasteiger partial charge in [-0.15, -0.1) is 0 Å². The number of benzene rings is 1. The van der Waals surface area contributed by atoms with Crippen LogP contribution >= 0.6 is 0 Å². The number of rotatable bonds is 5. The summed E-state index contributed by atoms with van der Waals surface area (Å²) in [7, 11) is 5.06. The van der Waals surface area contributed by atoms with Gasteiger partial charge < -0.3 is 19.5 Å². The minimum atomic E-state index is -0.0277. The third-order valence-electron chi connectivity index (χ3n) is 3.89. The zero-order chi connectivity index (χ0) is 13.9. The van der Waals surface area contributed by atoms with E-state index in [0.717, 1.165) is 30.0 Å². The maximum atomic E-state index is 5.65. The van der Waals surface area contributed by atoms with Crippen molar-refractivity contribution in [3.63, 3.8) is 0 Å². The van der Waals surface area contributed by atoms with Crippen LogP contribution < -0.4 is 14.8 Å². The van der Waals surface area contributed by atoms with Crippen LogP contribution in [0.2, 0.25) is 0 Å². The highest BCUT2D eigenvalue weighted by Crippen LogP contribution is 2.41. The average Bonchev–Trinajstić information content (AvgIpc) is 2.86. The van der Waals surface area contributed by atoms with E-state index in [-0.39, 0.29) is 5.54 Å². The minimum Gasteiger partial charge on any atom is -0.496 e. The summed E-state index contributed by atoms with van der Waals surface area (Å²) >= 11 is 0. The zero-order valence-electron chi connectivity index (χ0n) is 12.2. The molecule has 1 aliphatic rings. The molecule has 1 saturated heterocycles. The van der Waals surface area contributed by atoms with Gasteiger partial charge in [0.15, 0.2) is 0 Å². The molecule has 0 saturated carbocycles. The van der Waals surface area contributed by atoms with Crippen molar-refractivity contribution in [3.05, 3.63) is 23.3 Å². The van der Waals surface area contributed by atoms with Crippen molar-refractivity contribution in [2.24, 2.45) is 0 Å². The molecule has 1 fully saturated rings. The molecule has 1 unspecified atom stereocenters. The molecule has 4 nitrogen and oxygen atoms in total. The van der Waals surface area contributed by atoms with Crippen molar-refractivity contribution < 1.29 is 14.2 Å². The SMILES string of the molecule is COCc1c(OC)ccc(C2(C)CCCN2)c1OC. The Hall–Kier alpha value is -1.26. The van der Waals surface area contributed by atoms with Gasteiger partial charge >= 0.3 is 0 Å². The lowest BCUT2D eigenvalue weighted by atomic mass is 9.88. The van der Waals surface area contributed by atoms with Gasteiger partial charge in [-0.3, -0.25) is 0 Å². The van der Waals surface area contributed by atoms with Crippen LogP contribution in [0.1, 0.15) is 30.9 Å². The van der Waals surface area contributed by atoms with Crippen LogP contribution in [0.15, 0.2) is 12.1 Å². The average molecular weight is 265 g/mol. The van der Waals surface area contributed by atoms with E-state index < -0.39 is 0 Å². The molecule has 1 aliphatic heterocycles. The highest BCUT2D eigenvalue weighted by atomic mass is 16.5. The van der Waals surface area contributed by atoms with Gasteiger partial charge in [0.05, 0.1) is 26.4 Å². The fourth-order valence-corrected chi connectivity index (χ4v) is 2.87. The van der Waals surface area contributed by atoms with Crippen LogP contribution in [0.25, 0.3) is 0 Å². The van der Waals surface area contributed by atoms with E-state index in [1.807, 2.05) is 6.07 Å². The fourth-order valence-electron chi connectivity index (χ4n) is 2.87. The van der Waals surface area contributed by atoms with Crippen LogP contribution in [0, 0.1) is 0 Å². The highest BCUT2D eigenvalue weighted by Gasteiger charge is 2.34. The molecule has 4 heteroatoms. The summed E-state index contributed by atoms with van der Waals surface area (Å²) < 4.78 is 16.3. The van der Waals surface area contributed by atoms with Gasteiger partial charge in [-0.25, -0.2) is 0 Å². The first kappa shape index (κ1) is 14.2. The first-order valence-corrected chi connectivity index (χ1v) is 6.64. The predicted molar refractivity (Wildman–Crippen MR) is 74.8 cm³/mol. The van der Waals surface area contributed by atoms with Crippen LogP contribution in [0.5, 0.6) is 11.5 Å². The van der Waals surface area contributed by atoms with Gasteiger partial charge in [0.2, 0.25) is 0 Å². The molecular weight excluding hydrogens is 242 g/mol. The molecule has 0 bridgehead atoms. The van der Waals surface area contributed by atoms with E-state index >= 15 is 0 Å². The van der Waals surface area contributed by atoms with E-state index in [1.54, 1.807) is 21.3 Å². The highest BCUT2D eigenvalue weighted by molar-refractivity contribution is 5.52. The van der Waals surface area contributed by atoms with Crippen LogP contribution in [0.4, 0.5) is 0 Å². The molecule has 1 N–H and O–H groups in total. The standard InChI is InChI=1S/C15H23NO3/c1-15(8-5-9-16-15)12-6-7-13(18-3)11(10-17-2)14(12)19-4/h6-7,16H,5,8-10H2,1-4H3. The lowest BCUT2D eigenvalue weighted by Gasteiger charge is -2.28. The second-order valence-electron chi connectivity index (χ2n) is 5.12. The molecule has 1 aromatic carbocycles. The Morgan fingerprint density at radius 1 is 1.21 bits per heavy atom. The van der Waals surface area contributed by atoms with E-state index in [4.69, 9.17) is 14.2 Å². The molecule has 1 aromatic rings. The Kier molecular flexibility index (Phi) is 4.32. The van der Waals surface area contributed by atoms with Gasteiger partial charge in [0.25, 0.3) is 0 Å².